The van der Waals surface area contributed by atoms with Crippen molar-refractivity contribution in [2.75, 3.05) is 33.2 Å². The van der Waals surface area contributed by atoms with Gasteiger partial charge in [-0.25, -0.2) is 0 Å². The second-order valence-corrected chi connectivity index (χ2v) is 7.01. The van der Waals surface area contributed by atoms with Crippen LogP contribution in [0.1, 0.15) is 58.3 Å². The van der Waals surface area contributed by atoms with Crippen molar-refractivity contribution in [2.45, 2.75) is 64.3 Å². The van der Waals surface area contributed by atoms with Crippen molar-refractivity contribution in [1.29, 1.82) is 0 Å². The third-order valence-electron chi connectivity index (χ3n) is 5.30. The minimum absolute atomic E-state index is 0.162. The first kappa shape index (κ1) is 18.2. The Balaban J connectivity index is 1.89. The number of hydrogen-bond acceptors (Lipinski definition) is 3. The zero-order chi connectivity index (χ0) is 16.7. The van der Waals surface area contributed by atoms with Crippen LogP contribution in [0.15, 0.2) is 0 Å². The molecule has 1 N–H and O–H groups in total. The standard InChI is InChI=1S/C18H33N3O2/c1-3-6-17(22)21-12-5-4-7-16(21)18(23)20-13-9-15(10-14-20)8-11-19-2/h15-16,19H,3-14H2,1-2H3. The molecule has 0 aromatic rings. The zero-order valence-corrected chi connectivity index (χ0v) is 14.9. The summed E-state index contributed by atoms with van der Waals surface area (Å²) in [6.45, 7) is 5.56. The van der Waals surface area contributed by atoms with E-state index in [4.69, 9.17) is 0 Å². The Morgan fingerprint density at radius 2 is 1.83 bits per heavy atom. The van der Waals surface area contributed by atoms with E-state index in [1.165, 1.54) is 6.42 Å². The van der Waals surface area contributed by atoms with Gasteiger partial charge in [-0.2, -0.15) is 0 Å². The van der Waals surface area contributed by atoms with Crippen LogP contribution in [0.25, 0.3) is 0 Å². The Kier molecular flexibility index (Phi) is 7.34. The van der Waals surface area contributed by atoms with Crippen molar-refractivity contribution in [1.82, 2.24) is 15.1 Å². The molecular weight excluding hydrogens is 290 g/mol. The summed E-state index contributed by atoms with van der Waals surface area (Å²) in [6.07, 6.45) is 7.75. The van der Waals surface area contributed by atoms with E-state index < -0.39 is 0 Å². The van der Waals surface area contributed by atoms with Crippen LogP contribution in [0, 0.1) is 5.92 Å². The average molecular weight is 323 g/mol. The van der Waals surface area contributed by atoms with E-state index in [1.54, 1.807) is 0 Å². The maximum atomic E-state index is 12.9. The summed E-state index contributed by atoms with van der Waals surface area (Å²) in [6, 6.07) is -0.198. The molecule has 0 aromatic carbocycles. The number of carbonyl (C=O) groups is 2. The minimum Gasteiger partial charge on any atom is -0.341 e. The SMILES string of the molecule is CCCC(=O)N1CCCCC1C(=O)N1CCC(CCNC)CC1. The molecule has 1 atom stereocenters. The molecule has 2 aliphatic rings. The Labute approximate surface area is 140 Å². The second-order valence-electron chi connectivity index (χ2n) is 7.01. The molecule has 0 radical (unpaired) electrons. The van der Waals surface area contributed by atoms with Crippen LogP contribution in [0.4, 0.5) is 0 Å². The molecule has 5 heteroatoms. The van der Waals surface area contributed by atoms with Crippen LogP contribution in [-0.2, 0) is 9.59 Å². The quantitative estimate of drug-likeness (QED) is 0.813. The molecule has 23 heavy (non-hydrogen) atoms. The van der Waals surface area contributed by atoms with Crippen molar-refractivity contribution in [3.8, 4) is 0 Å². The Hall–Kier alpha value is -1.10. The van der Waals surface area contributed by atoms with E-state index in [0.717, 1.165) is 70.6 Å². The summed E-state index contributed by atoms with van der Waals surface area (Å²) in [5, 5.41) is 3.21. The van der Waals surface area contributed by atoms with Gasteiger partial charge in [0, 0.05) is 26.1 Å². The highest BCUT2D eigenvalue weighted by atomic mass is 16.2. The van der Waals surface area contributed by atoms with Gasteiger partial charge in [0.05, 0.1) is 0 Å². The predicted molar refractivity (Wildman–Crippen MR) is 92.1 cm³/mol. The van der Waals surface area contributed by atoms with Crippen LogP contribution < -0.4 is 5.32 Å². The predicted octanol–water partition coefficient (Wildman–Crippen LogP) is 2.02. The van der Waals surface area contributed by atoms with Gasteiger partial charge in [-0.15, -0.1) is 0 Å². The van der Waals surface area contributed by atoms with Crippen LogP contribution >= 0.6 is 0 Å². The lowest BCUT2D eigenvalue weighted by Crippen LogP contribution is -2.54. The maximum Gasteiger partial charge on any atom is 0.245 e. The second kappa shape index (κ2) is 9.26. The molecule has 1 unspecified atom stereocenters. The Bertz CT molecular complexity index is 392. The van der Waals surface area contributed by atoms with E-state index in [1.807, 2.05) is 23.8 Å². The van der Waals surface area contributed by atoms with E-state index >= 15 is 0 Å². The van der Waals surface area contributed by atoms with E-state index in [-0.39, 0.29) is 17.9 Å². The lowest BCUT2D eigenvalue weighted by molar-refractivity contribution is -0.148. The number of hydrogen-bond donors (Lipinski definition) is 1. The van der Waals surface area contributed by atoms with Gasteiger partial charge in [-0.3, -0.25) is 9.59 Å². The van der Waals surface area contributed by atoms with Gasteiger partial charge in [0.1, 0.15) is 6.04 Å². The number of amides is 2. The molecular formula is C18H33N3O2. The number of nitrogens with zero attached hydrogens (tertiary/aromatic N) is 2. The fourth-order valence-corrected chi connectivity index (χ4v) is 3.85. The number of carbonyl (C=O) groups excluding carboxylic acids is 2. The highest BCUT2D eigenvalue weighted by Gasteiger charge is 2.35. The first-order valence-electron chi connectivity index (χ1n) is 9.40. The molecule has 2 saturated heterocycles. The monoisotopic (exact) mass is 323 g/mol. The minimum atomic E-state index is -0.198. The summed E-state index contributed by atoms with van der Waals surface area (Å²) in [7, 11) is 1.99. The molecule has 2 amide bonds. The molecule has 132 valence electrons. The van der Waals surface area contributed by atoms with Crippen molar-refractivity contribution in [2.24, 2.45) is 5.92 Å². The maximum absolute atomic E-state index is 12.9. The summed E-state index contributed by atoms with van der Waals surface area (Å²) < 4.78 is 0. The fourth-order valence-electron chi connectivity index (χ4n) is 3.85. The first-order valence-corrected chi connectivity index (χ1v) is 9.40. The van der Waals surface area contributed by atoms with Gasteiger partial charge in [0.15, 0.2) is 0 Å². The molecule has 2 fully saturated rings. The molecule has 2 aliphatic heterocycles. The van der Waals surface area contributed by atoms with Gasteiger partial charge >= 0.3 is 0 Å². The van der Waals surface area contributed by atoms with Gasteiger partial charge < -0.3 is 15.1 Å². The van der Waals surface area contributed by atoms with Crippen LogP contribution in [-0.4, -0.2) is 60.9 Å². The molecule has 0 aromatic heterocycles. The smallest absolute Gasteiger partial charge is 0.245 e. The van der Waals surface area contributed by atoms with Crippen molar-refractivity contribution < 1.29 is 9.59 Å². The summed E-state index contributed by atoms with van der Waals surface area (Å²) >= 11 is 0. The fraction of sp³-hybridized carbons (Fsp3) is 0.889. The molecule has 0 aliphatic carbocycles. The molecule has 0 bridgehead atoms. The van der Waals surface area contributed by atoms with Gasteiger partial charge in [0.25, 0.3) is 0 Å². The number of likely N-dealkylation sites (tertiary alicyclic amines) is 2. The lowest BCUT2D eigenvalue weighted by atomic mass is 9.92. The van der Waals surface area contributed by atoms with E-state index in [2.05, 4.69) is 5.32 Å². The van der Waals surface area contributed by atoms with Crippen molar-refractivity contribution >= 4 is 11.8 Å². The molecule has 2 rings (SSSR count). The Morgan fingerprint density at radius 1 is 1.09 bits per heavy atom. The van der Waals surface area contributed by atoms with Gasteiger partial charge in [0.2, 0.25) is 11.8 Å². The van der Waals surface area contributed by atoms with Crippen molar-refractivity contribution in [3.63, 3.8) is 0 Å². The molecule has 0 spiro atoms. The topological polar surface area (TPSA) is 52.7 Å². The highest BCUT2D eigenvalue weighted by Crippen LogP contribution is 2.24. The first-order chi connectivity index (χ1) is 11.2. The normalized spacial score (nSPS) is 23.1. The van der Waals surface area contributed by atoms with Crippen LogP contribution in [0.3, 0.4) is 0 Å². The number of rotatable bonds is 6. The van der Waals surface area contributed by atoms with Crippen LogP contribution in [0.2, 0.25) is 0 Å². The van der Waals surface area contributed by atoms with E-state index in [9.17, 15) is 9.59 Å². The molecule has 0 saturated carbocycles. The zero-order valence-electron chi connectivity index (χ0n) is 14.9. The van der Waals surface area contributed by atoms with Crippen LogP contribution in [0.5, 0.6) is 0 Å². The molecule has 5 nitrogen and oxygen atoms in total. The number of piperidine rings is 2. The molecule has 2 heterocycles. The lowest BCUT2D eigenvalue weighted by Gasteiger charge is -2.40. The van der Waals surface area contributed by atoms with Crippen molar-refractivity contribution in [3.05, 3.63) is 0 Å². The third kappa shape index (κ3) is 4.93. The van der Waals surface area contributed by atoms with E-state index in [0.29, 0.717) is 6.42 Å². The largest absolute Gasteiger partial charge is 0.341 e. The summed E-state index contributed by atoms with van der Waals surface area (Å²) in [5.41, 5.74) is 0. The third-order valence-corrected chi connectivity index (χ3v) is 5.30. The number of nitrogens with one attached hydrogen (secondary N) is 1. The summed E-state index contributed by atoms with van der Waals surface area (Å²) in [5.74, 6) is 1.09. The van der Waals surface area contributed by atoms with Gasteiger partial charge in [-0.05, 0) is 64.5 Å². The Morgan fingerprint density at radius 3 is 2.48 bits per heavy atom. The summed E-state index contributed by atoms with van der Waals surface area (Å²) in [4.78, 5) is 29.1. The highest BCUT2D eigenvalue weighted by molar-refractivity contribution is 5.88. The van der Waals surface area contributed by atoms with Gasteiger partial charge in [-0.1, -0.05) is 6.92 Å². The average Bonchev–Trinajstić information content (AvgIpc) is 2.60.